The number of hydrogen-bond donors (Lipinski definition) is 4. The normalized spacial score (nSPS) is 10.1. The highest BCUT2D eigenvalue weighted by atomic mass is 16.4. The third-order valence-electron chi connectivity index (χ3n) is 4.84. The Bertz CT molecular complexity index is 1250. The van der Waals surface area contributed by atoms with Crippen LogP contribution in [0.4, 0.5) is 5.69 Å². The lowest BCUT2D eigenvalue weighted by molar-refractivity contribution is 0.0695. The van der Waals surface area contributed by atoms with E-state index < -0.39 is 11.9 Å². The number of carbonyl (C=O) groups is 2. The first-order valence-electron chi connectivity index (χ1n) is 10.1. The third kappa shape index (κ3) is 6.05. The van der Waals surface area contributed by atoms with Gasteiger partial charge in [0.15, 0.2) is 0 Å². The zero-order valence-corrected chi connectivity index (χ0v) is 18.0. The number of nitrogens with zero attached hydrogens (tertiary/aromatic N) is 2. The van der Waals surface area contributed by atoms with Crippen molar-refractivity contribution in [3.63, 3.8) is 0 Å². The number of aromatic carboxylic acids is 2. The van der Waals surface area contributed by atoms with Gasteiger partial charge in [-0.2, -0.15) is 0 Å². The van der Waals surface area contributed by atoms with Crippen molar-refractivity contribution in [3.05, 3.63) is 108 Å². The molecule has 1 heterocycles. The Labute approximate surface area is 190 Å². The molecule has 0 aliphatic rings. The highest BCUT2D eigenvalue weighted by molar-refractivity contribution is 5.94. The molecule has 1 aromatic heterocycles. The monoisotopic (exact) mass is 444 g/mol. The highest BCUT2D eigenvalue weighted by Gasteiger charge is 2.10. The van der Waals surface area contributed by atoms with Crippen LogP contribution in [0.3, 0.4) is 0 Å². The molecule has 4 rings (SSSR count). The van der Waals surface area contributed by atoms with Gasteiger partial charge in [-0.3, -0.25) is 5.43 Å². The van der Waals surface area contributed by atoms with E-state index in [0.717, 1.165) is 28.6 Å². The molecule has 0 radical (unpaired) electrons. The molecule has 0 fully saturated rings. The maximum Gasteiger partial charge on any atom is 0.335 e. The number of anilines is 1. The topological polar surface area (TPSA) is 130 Å². The predicted octanol–water partition coefficient (Wildman–Crippen LogP) is 4.28. The summed E-state index contributed by atoms with van der Waals surface area (Å²) in [6, 6.07) is 22.2. The number of aromatic nitrogens is 2. The van der Waals surface area contributed by atoms with E-state index in [4.69, 9.17) is 15.9 Å². The molecule has 0 saturated carbocycles. The number of aryl methyl sites for hydroxylation is 1. The summed E-state index contributed by atoms with van der Waals surface area (Å²) in [7, 11) is 0. The zero-order chi connectivity index (χ0) is 23.8. The lowest BCUT2D eigenvalue weighted by atomic mass is 10.1. The van der Waals surface area contributed by atoms with Crippen LogP contribution in [0, 0.1) is 6.92 Å². The molecule has 0 atom stereocenters. The number of rotatable bonds is 6. The van der Waals surface area contributed by atoms with Crippen molar-refractivity contribution in [1.29, 1.82) is 0 Å². The minimum atomic E-state index is -1.12. The first-order valence-corrected chi connectivity index (χ1v) is 10.1. The molecule has 5 N–H and O–H groups in total. The lowest BCUT2D eigenvalue weighted by Crippen LogP contribution is -2.09. The minimum Gasteiger partial charge on any atom is -0.478 e. The second kappa shape index (κ2) is 10.7. The summed E-state index contributed by atoms with van der Waals surface area (Å²) >= 11 is 0. The predicted molar refractivity (Wildman–Crippen MR) is 126 cm³/mol. The van der Waals surface area contributed by atoms with Gasteiger partial charge in [0.25, 0.3) is 0 Å². The summed E-state index contributed by atoms with van der Waals surface area (Å²) in [5, 5.41) is 17.3. The standard InChI is InChI=1S/C16H16N4.C9H8O4/c17-10-13-5-4-8-15(9-13)19-20-12-18-11-16(20)14-6-2-1-3-7-14;1-5-2-3-6(8(10)11)4-7(5)9(12)13/h1-9,11-12,19H,10,17H2;2-4H,1H3,(H,10,11)(H,12,13). The van der Waals surface area contributed by atoms with Crippen LogP contribution in [0.2, 0.25) is 0 Å². The van der Waals surface area contributed by atoms with Crippen molar-refractivity contribution in [1.82, 2.24) is 9.66 Å². The Morgan fingerprint density at radius 2 is 1.73 bits per heavy atom. The van der Waals surface area contributed by atoms with Crippen LogP contribution in [-0.2, 0) is 6.54 Å². The molecule has 0 unspecified atom stereocenters. The van der Waals surface area contributed by atoms with Crippen molar-refractivity contribution in [2.24, 2.45) is 5.73 Å². The Kier molecular flexibility index (Phi) is 7.56. The number of nitrogens with two attached hydrogens (primary N) is 1. The van der Waals surface area contributed by atoms with Crippen LogP contribution in [0.25, 0.3) is 11.3 Å². The van der Waals surface area contributed by atoms with Crippen molar-refractivity contribution in [2.45, 2.75) is 13.5 Å². The fourth-order valence-electron chi connectivity index (χ4n) is 3.10. The van der Waals surface area contributed by atoms with E-state index in [2.05, 4.69) is 22.5 Å². The Hall–Kier alpha value is -4.43. The summed E-state index contributed by atoms with van der Waals surface area (Å²) in [5.41, 5.74) is 13.8. The molecule has 0 spiro atoms. The van der Waals surface area contributed by atoms with Crippen LogP contribution in [0.5, 0.6) is 0 Å². The molecule has 0 saturated heterocycles. The molecule has 3 aromatic carbocycles. The van der Waals surface area contributed by atoms with Gasteiger partial charge in [0, 0.05) is 12.1 Å². The summed E-state index contributed by atoms with van der Waals surface area (Å²) in [6.07, 6.45) is 3.60. The van der Waals surface area contributed by atoms with Crippen LogP contribution < -0.4 is 11.2 Å². The first kappa shape index (κ1) is 23.2. The van der Waals surface area contributed by atoms with Gasteiger partial charge in [-0.1, -0.05) is 48.5 Å². The number of nitrogens with one attached hydrogen (secondary N) is 1. The van der Waals surface area contributed by atoms with Crippen LogP contribution in [0.15, 0.2) is 85.3 Å². The Morgan fingerprint density at radius 1 is 0.970 bits per heavy atom. The minimum absolute atomic E-state index is 0.0111. The van der Waals surface area contributed by atoms with Gasteiger partial charge in [0.05, 0.1) is 28.7 Å². The number of hydrogen-bond acceptors (Lipinski definition) is 5. The van der Waals surface area contributed by atoms with Crippen molar-refractivity contribution < 1.29 is 19.8 Å². The molecule has 0 bridgehead atoms. The number of benzene rings is 3. The van der Waals surface area contributed by atoms with Crippen LogP contribution >= 0.6 is 0 Å². The summed E-state index contributed by atoms with van der Waals surface area (Å²) in [6.45, 7) is 2.15. The molecule has 8 nitrogen and oxygen atoms in total. The van der Waals surface area contributed by atoms with Gasteiger partial charge in [-0.05, 0) is 42.3 Å². The summed E-state index contributed by atoms with van der Waals surface area (Å²) in [5.74, 6) is -2.23. The van der Waals surface area contributed by atoms with Crippen molar-refractivity contribution in [2.75, 3.05) is 5.43 Å². The Morgan fingerprint density at radius 3 is 2.39 bits per heavy atom. The maximum atomic E-state index is 10.6. The molecular weight excluding hydrogens is 420 g/mol. The number of carboxylic acid groups (broad SMARTS) is 2. The van der Waals surface area contributed by atoms with E-state index in [-0.39, 0.29) is 11.1 Å². The third-order valence-corrected chi connectivity index (χ3v) is 4.84. The van der Waals surface area contributed by atoms with Gasteiger partial charge in [-0.15, -0.1) is 0 Å². The van der Waals surface area contributed by atoms with E-state index in [0.29, 0.717) is 12.1 Å². The van der Waals surface area contributed by atoms with Gasteiger partial charge in [-0.25, -0.2) is 19.2 Å². The smallest absolute Gasteiger partial charge is 0.335 e. The lowest BCUT2D eigenvalue weighted by Gasteiger charge is -2.12. The largest absolute Gasteiger partial charge is 0.478 e. The first-order chi connectivity index (χ1) is 15.9. The van der Waals surface area contributed by atoms with Crippen molar-refractivity contribution >= 4 is 17.6 Å². The molecule has 168 valence electrons. The van der Waals surface area contributed by atoms with Crippen LogP contribution in [-0.4, -0.2) is 31.8 Å². The van der Waals surface area contributed by atoms with Gasteiger partial charge < -0.3 is 15.9 Å². The molecule has 0 aliphatic heterocycles. The van der Waals surface area contributed by atoms with E-state index in [1.807, 2.05) is 53.3 Å². The summed E-state index contributed by atoms with van der Waals surface area (Å²) in [4.78, 5) is 25.3. The molecule has 0 aliphatic carbocycles. The fourth-order valence-corrected chi connectivity index (χ4v) is 3.10. The Balaban J connectivity index is 0.000000205. The molecule has 33 heavy (non-hydrogen) atoms. The second-order valence-electron chi connectivity index (χ2n) is 7.17. The average Bonchev–Trinajstić information content (AvgIpc) is 3.28. The fraction of sp³-hybridized carbons (Fsp3) is 0.0800. The van der Waals surface area contributed by atoms with E-state index >= 15 is 0 Å². The number of carboxylic acids is 2. The SMILES string of the molecule is Cc1ccc(C(=O)O)cc1C(=O)O.NCc1cccc(Nn2cncc2-c2ccccc2)c1. The molecule has 4 aromatic rings. The van der Waals surface area contributed by atoms with Gasteiger partial charge in [0.2, 0.25) is 0 Å². The van der Waals surface area contributed by atoms with E-state index in [1.54, 1.807) is 13.3 Å². The molecule has 8 heteroatoms. The number of imidazole rings is 1. The summed E-state index contributed by atoms with van der Waals surface area (Å²) < 4.78 is 1.91. The zero-order valence-electron chi connectivity index (χ0n) is 18.0. The van der Waals surface area contributed by atoms with E-state index in [1.165, 1.54) is 12.1 Å². The molecule has 0 amide bonds. The quantitative estimate of drug-likeness (QED) is 0.349. The second-order valence-corrected chi connectivity index (χ2v) is 7.17. The molecular formula is C25H24N4O4. The maximum absolute atomic E-state index is 10.6. The van der Waals surface area contributed by atoms with E-state index in [9.17, 15) is 9.59 Å². The van der Waals surface area contributed by atoms with Gasteiger partial charge >= 0.3 is 11.9 Å². The van der Waals surface area contributed by atoms with Crippen molar-refractivity contribution in [3.8, 4) is 11.3 Å². The van der Waals surface area contributed by atoms with Gasteiger partial charge in [0.1, 0.15) is 6.33 Å². The van der Waals surface area contributed by atoms with Crippen LogP contribution in [0.1, 0.15) is 31.8 Å². The average molecular weight is 444 g/mol. The highest BCUT2D eigenvalue weighted by Crippen LogP contribution is 2.19.